The smallest absolute Gasteiger partial charge is 0.273 e. The molecular formula is C15H14N2O2. The fourth-order valence-corrected chi connectivity index (χ4v) is 2.34. The van der Waals surface area contributed by atoms with Gasteiger partial charge in [0.05, 0.1) is 12.5 Å². The third kappa shape index (κ3) is 1.95. The number of hydrogen-bond donors (Lipinski definition) is 0. The zero-order valence-electron chi connectivity index (χ0n) is 10.6. The topological polar surface area (TPSA) is 40.6 Å². The normalized spacial score (nSPS) is 21.4. The van der Waals surface area contributed by atoms with Crippen LogP contribution in [0.2, 0.25) is 0 Å². The predicted octanol–water partition coefficient (Wildman–Crippen LogP) is 2.12. The van der Waals surface area contributed by atoms with E-state index in [0.29, 0.717) is 12.0 Å². The number of carbonyl (C=O) groups is 2. The Balaban J connectivity index is 1.93. The molecule has 19 heavy (non-hydrogen) atoms. The van der Waals surface area contributed by atoms with Gasteiger partial charge in [-0.25, -0.2) is 10.0 Å². The minimum Gasteiger partial charge on any atom is -0.273 e. The molecule has 4 heteroatoms. The van der Waals surface area contributed by atoms with Gasteiger partial charge in [-0.1, -0.05) is 29.8 Å². The van der Waals surface area contributed by atoms with Gasteiger partial charge in [0.25, 0.3) is 5.91 Å². The van der Waals surface area contributed by atoms with Crippen LogP contribution in [0.5, 0.6) is 0 Å². The van der Waals surface area contributed by atoms with Gasteiger partial charge in [-0.2, -0.15) is 0 Å². The standard InChI is InChI=1S/C15H14N2O2/c1-11-7-8-16(17-13(9-11)10-14(17)18)15(19)12-5-3-2-4-6-12/h2-9,13H,10H2,1H3. The van der Waals surface area contributed by atoms with Crippen molar-refractivity contribution in [1.82, 2.24) is 10.0 Å². The Bertz CT molecular complexity index is 589. The van der Waals surface area contributed by atoms with Gasteiger partial charge in [-0.3, -0.25) is 9.59 Å². The summed E-state index contributed by atoms with van der Waals surface area (Å²) >= 11 is 0. The van der Waals surface area contributed by atoms with Gasteiger partial charge in [0.2, 0.25) is 5.91 Å². The van der Waals surface area contributed by atoms with Crippen LogP contribution in [0.25, 0.3) is 0 Å². The molecule has 1 unspecified atom stereocenters. The molecule has 0 radical (unpaired) electrons. The van der Waals surface area contributed by atoms with E-state index in [1.165, 1.54) is 10.0 Å². The summed E-state index contributed by atoms with van der Waals surface area (Å²) in [6, 6.07) is 8.98. The van der Waals surface area contributed by atoms with Crippen molar-refractivity contribution in [3.8, 4) is 0 Å². The fourth-order valence-electron chi connectivity index (χ4n) is 2.34. The van der Waals surface area contributed by atoms with E-state index in [0.717, 1.165) is 5.57 Å². The summed E-state index contributed by atoms with van der Waals surface area (Å²) < 4.78 is 0. The van der Waals surface area contributed by atoms with Crippen LogP contribution >= 0.6 is 0 Å². The van der Waals surface area contributed by atoms with Crippen LogP contribution in [0.4, 0.5) is 0 Å². The van der Waals surface area contributed by atoms with Gasteiger partial charge in [0.1, 0.15) is 0 Å². The number of β-lactam (4-membered cyclic amide) rings is 1. The fraction of sp³-hybridized carbons (Fsp3) is 0.200. The molecular weight excluding hydrogens is 240 g/mol. The minimum atomic E-state index is -0.182. The summed E-state index contributed by atoms with van der Waals surface area (Å²) in [7, 11) is 0. The van der Waals surface area contributed by atoms with E-state index in [-0.39, 0.29) is 17.9 Å². The van der Waals surface area contributed by atoms with Gasteiger partial charge in [0, 0.05) is 11.8 Å². The van der Waals surface area contributed by atoms with Crippen LogP contribution < -0.4 is 0 Å². The highest BCUT2D eigenvalue weighted by molar-refractivity contribution is 5.97. The van der Waals surface area contributed by atoms with Crippen LogP contribution in [0.15, 0.2) is 54.3 Å². The van der Waals surface area contributed by atoms with Gasteiger partial charge >= 0.3 is 0 Å². The highest BCUT2D eigenvalue weighted by atomic mass is 16.2. The molecule has 0 N–H and O–H groups in total. The molecule has 4 nitrogen and oxygen atoms in total. The van der Waals surface area contributed by atoms with E-state index < -0.39 is 0 Å². The Morgan fingerprint density at radius 2 is 2.00 bits per heavy atom. The third-order valence-electron chi connectivity index (χ3n) is 3.35. The molecule has 0 aliphatic carbocycles. The second-order valence-electron chi connectivity index (χ2n) is 4.75. The highest BCUT2D eigenvalue weighted by Gasteiger charge is 2.41. The predicted molar refractivity (Wildman–Crippen MR) is 70.8 cm³/mol. The number of fused-ring (bicyclic) bond motifs is 1. The Labute approximate surface area is 111 Å². The summed E-state index contributed by atoms with van der Waals surface area (Å²) in [5.74, 6) is -0.206. The van der Waals surface area contributed by atoms with Crippen molar-refractivity contribution >= 4 is 11.8 Å². The molecule has 2 aliphatic heterocycles. The van der Waals surface area contributed by atoms with Gasteiger partial charge < -0.3 is 0 Å². The number of benzene rings is 1. The SMILES string of the molecule is CC1=CC2CC(=O)N2N(C(=O)c2ccccc2)C=C1. The van der Waals surface area contributed by atoms with Crippen LogP contribution in [0.1, 0.15) is 23.7 Å². The van der Waals surface area contributed by atoms with Crippen molar-refractivity contribution in [2.24, 2.45) is 0 Å². The average Bonchev–Trinajstić information content (AvgIpc) is 2.55. The Morgan fingerprint density at radius 1 is 1.26 bits per heavy atom. The van der Waals surface area contributed by atoms with E-state index in [1.54, 1.807) is 18.3 Å². The molecule has 2 amide bonds. The van der Waals surface area contributed by atoms with Crippen LogP contribution in [0, 0.1) is 0 Å². The Kier molecular flexibility index (Phi) is 2.71. The summed E-state index contributed by atoms with van der Waals surface area (Å²) in [6.45, 7) is 1.97. The maximum absolute atomic E-state index is 12.5. The molecule has 0 saturated carbocycles. The summed E-state index contributed by atoms with van der Waals surface area (Å²) in [5, 5.41) is 2.93. The van der Waals surface area contributed by atoms with Gasteiger partial charge in [-0.15, -0.1) is 0 Å². The van der Waals surface area contributed by atoms with Crippen molar-refractivity contribution < 1.29 is 9.59 Å². The second kappa shape index (κ2) is 4.39. The first kappa shape index (κ1) is 11.7. The van der Waals surface area contributed by atoms with Crippen molar-refractivity contribution in [3.05, 3.63) is 59.8 Å². The summed E-state index contributed by atoms with van der Waals surface area (Å²) in [4.78, 5) is 24.2. The molecule has 0 spiro atoms. The van der Waals surface area contributed by atoms with E-state index >= 15 is 0 Å². The van der Waals surface area contributed by atoms with Crippen molar-refractivity contribution in [1.29, 1.82) is 0 Å². The number of rotatable bonds is 1. The lowest BCUT2D eigenvalue weighted by Gasteiger charge is -2.43. The number of allylic oxidation sites excluding steroid dienone is 2. The van der Waals surface area contributed by atoms with Crippen molar-refractivity contribution in [2.75, 3.05) is 0 Å². The molecule has 0 bridgehead atoms. The first-order valence-corrected chi connectivity index (χ1v) is 6.24. The molecule has 0 aromatic heterocycles. The molecule has 2 heterocycles. The summed E-state index contributed by atoms with van der Waals surface area (Å²) in [6.07, 6.45) is 6.00. The summed E-state index contributed by atoms with van der Waals surface area (Å²) in [5.41, 5.74) is 1.64. The number of carbonyl (C=O) groups excluding carboxylic acids is 2. The molecule has 1 fully saturated rings. The zero-order chi connectivity index (χ0) is 13.4. The molecule has 2 aliphatic rings. The van der Waals surface area contributed by atoms with E-state index in [9.17, 15) is 9.59 Å². The van der Waals surface area contributed by atoms with Gasteiger partial charge in [-0.05, 0) is 25.1 Å². The highest BCUT2D eigenvalue weighted by Crippen LogP contribution is 2.28. The molecule has 1 atom stereocenters. The van der Waals surface area contributed by atoms with Crippen LogP contribution in [-0.4, -0.2) is 27.9 Å². The lowest BCUT2D eigenvalue weighted by Crippen LogP contribution is -2.59. The molecule has 1 aromatic carbocycles. The van der Waals surface area contributed by atoms with Crippen molar-refractivity contribution in [3.63, 3.8) is 0 Å². The van der Waals surface area contributed by atoms with E-state index in [4.69, 9.17) is 0 Å². The molecule has 96 valence electrons. The number of hydrazine groups is 1. The van der Waals surface area contributed by atoms with E-state index in [1.807, 2.05) is 37.3 Å². The number of nitrogens with zero attached hydrogens (tertiary/aromatic N) is 2. The maximum atomic E-state index is 12.5. The molecule has 1 aromatic rings. The first-order chi connectivity index (χ1) is 9.16. The largest absolute Gasteiger partial charge is 0.276 e. The average molecular weight is 254 g/mol. The quantitative estimate of drug-likeness (QED) is 0.720. The third-order valence-corrected chi connectivity index (χ3v) is 3.35. The molecule has 1 saturated heterocycles. The first-order valence-electron chi connectivity index (χ1n) is 6.24. The van der Waals surface area contributed by atoms with Gasteiger partial charge in [0.15, 0.2) is 0 Å². The molecule has 3 rings (SSSR count). The van der Waals surface area contributed by atoms with Crippen molar-refractivity contribution in [2.45, 2.75) is 19.4 Å². The Hall–Kier alpha value is -2.36. The lowest BCUT2D eigenvalue weighted by atomic mass is 10.0. The van der Waals surface area contributed by atoms with Crippen LogP contribution in [-0.2, 0) is 4.79 Å². The monoisotopic (exact) mass is 254 g/mol. The second-order valence-corrected chi connectivity index (χ2v) is 4.75. The zero-order valence-corrected chi connectivity index (χ0v) is 10.6. The lowest BCUT2D eigenvalue weighted by molar-refractivity contribution is -0.159. The minimum absolute atomic E-state index is 0.00448. The Morgan fingerprint density at radius 3 is 2.68 bits per heavy atom. The van der Waals surface area contributed by atoms with Crippen LogP contribution in [0.3, 0.4) is 0 Å². The number of hydrogen-bond acceptors (Lipinski definition) is 2. The maximum Gasteiger partial charge on any atom is 0.276 e. The number of amides is 2. The van der Waals surface area contributed by atoms with E-state index in [2.05, 4.69) is 0 Å².